The number of amides is 1. The summed E-state index contributed by atoms with van der Waals surface area (Å²) in [5.74, 6) is -2.10. The summed E-state index contributed by atoms with van der Waals surface area (Å²) >= 11 is 0. The predicted octanol–water partition coefficient (Wildman–Crippen LogP) is 6.14. The molecule has 244 valence electrons. The maximum atomic E-state index is 13.6. The third kappa shape index (κ3) is 7.89. The van der Waals surface area contributed by atoms with Crippen LogP contribution in [0.2, 0.25) is 0 Å². The normalized spacial score (nSPS) is 20.2. The second-order valence-electron chi connectivity index (χ2n) is 12.7. The lowest BCUT2D eigenvalue weighted by molar-refractivity contribution is -0.305. The van der Waals surface area contributed by atoms with E-state index in [9.17, 15) is 23.9 Å². The number of aliphatic hydroxyl groups excluding tert-OH is 1. The SMILES string of the molecule is CC(=O)OC1(CCc2ccc([C@@H]3[C@@H](CCC(=O)c4ccc(F)cc4)C(=O)N3c3ccc(CCCO)cc3)cc2)COC(C)(C)OC1. The fraction of sp³-hybridized carbons (Fsp3) is 0.432. The molecule has 8 nitrogen and oxygen atoms in total. The molecule has 0 radical (unpaired) electrons. The van der Waals surface area contributed by atoms with Crippen LogP contribution in [-0.4, -0.2) is 54.0 Å². The Balaban J connectivity index is 1.32. The topological polar surface area (TPSA) is 102 Å². The molecular formula is C37H42FNO7. The van der Waals surface area contributed by atoms with E-state index < -0.39 is 23.1 Å². The van der Waals surface area contributed by atoms with E-state index in [-0.39, 0.29) is 49.9 Å². The van der Waals surface area contributed by atoms with Gasteiger partial charge in [0.1, 0.15) is 5.82 Å². The summed E-state index contributed by atoms with van der Waals surface area (Å²) in [6, 6.07) is 21.1. The number of esters is 1. The van der Waals surface area contributed by atoms with Crippen molar-refractivity contribution < 1.29 is 38.1 Å². The quantitative estimate of drug-likeness (QED) is 0.137. The Bertz CT molecular complexity index is 1510. The zero-order valence-electron chi connectivity index (χ0n) is 26.7. The number of nitrogens with zero attached hydrogens (tertiary/aromatic N) is 1. The van der Waals surface area contributed by atoms with Crippen LogP contribution in [0, 0.1) is 11.7 Å². The van der Waals surface area contributed by atoms with Gasteiger partial charge in [0, 0.05) is 31.2 Å². The van der Waals surface area contributed by atoms with Gasteiger partial charge in [-0.15, -0.1) is 0 Å². The van der Waals surface area contributed by atoms with Crippen molar-refractivity contribution in [3.05, 3.63) is 101 Å². The number of ether oxygens (including phenoxy) is 3. The summed E-state index contributed by atoms with van der Waals surface area (Å²) in [5, 5.41) is 9.18. The summed E-state index contributed by atoms with van der Waals surface area (Å²) in [7, 11) is 0. The van der Waals surface area contributed by atoms with Crippen LogP contribution < -0.4 is 4.90 Å². The van der Waals surface area contributed by atoms with Crippen molar-refractivity contribution in [3.63, 3.8) is 0 Å². The van der Waals surface area contributed by atoms with Gasteiger partial charge in [-0.3, -0.25) is 14.4 Å². The highest BCUT2D eigenvalue weighted by Crippen LogP contribution is 2.46. The standard InChI is InChI=1S/C37H42FNO7/c1-25(41)46-37(23-44-36(2,3)45-24-37)21-20-27-6-10-29(11-7-27)34-32(18-19-33(42)28-12-14-30(38)15-13-28)35(43)39(34)31-16-8-26(9-17-31)5-4-22-40/h6-17,32,34,40H,4-5,18-24H2,1-3H3/t32-,34-/m1/s1. The predicted molar refractivity (Wildman–Crippen MR) is 171 cm³/mol. The molecule has 0 aromatic heterocycles. The number of Topliss-reactive ketones (excluding diaryl/α,β-unsaturated/α-hetero) is 1. The van der Waals surface area contributed by atoms with Crippen LogP contribution in [0.4, 0.5) is 10.1 Å². The van der Waals surface area contributed by atoms with E-state index in [1.807, 2.05) is 62.4 Å². The molecule has 0 saturated carbocycles. The zero-order valence-corrected chi connectivity index (χ0v) is 26.7. The number of carbonyl (C=O) groups is 3. The van der Waals surface area contributed by atoms with Crippen molar-refractivity contribution in [2.75, 3.05) is 24.7 Å². The van der Waals surface area contributed by atoms with Crippen LogP contribution in [0.5, 0.6) is 0 Å². The van der Waals surface area contributed by atoms with Gasteiger partial charge in [0.25, 0.3) is 0 Å². The maximum Gasteiger partial charge on any atom is 0.303 e. The van der Waals surface area contributed by atoms with E-state index >= 15 is 0 Å². The minimum absolute atomic E-state index is 0.0485. The lowest BCUT2D eigenvalue weighted by Gasteiger charge is -2.47. The van der Waals surface area contributed by atoms with Gasteiger partial charge in [-0.05, 0) is 99.0 Å². The number of rotatable bonds is 13. The van der Waals surface area contributed by atoms with Crippen molar-refractivity contribution in [2.24, 2.45) is 5.92 Å². The number of halogens is 1. The number of aryl methyl sites for hydroxylation is 2. The molecule has 5 rings (SSSR count). The fourth-order valence-electron chi connectivity index (χ4n) is 6.18. The van der Waals surface area contributed by atoms with Gasteiger partial charge in [-0.25, -0.2) is 4.39 Å². The smallest absolute Gasteiger partial charge is 0.303 e. The average molecular weight is 632 g/mol. The molecule has 3 aromatic rings. The van der Waals surface area contributed by atoms with Gasteiger partial charge in [-0.2, -0.15) is 0 Å². The van der Waals surface area contributed by atoms with Crippen LogP contribution in [0.3, 0.4) is 0 Å². The Morgan fingerprint density at radius 1 is 0.935 bits per heavy atom. The maximum absolute atomic E-state index is 13.6. The van der Waals surface area contributed by atoms with Gasteiger partial charge in [0.15, 0.2) is 17.2 Å². The number of benzene rings is 3. The van der Waals surface area contributed by atoms with Crippen molar-refractivity contribution >= 4 is 23.3 Å². The van der Waals surface area contributed by atoms with Crippen LogP contribution in [0.25, 0.3) is 0 Å². The Kier molecular flexibility index (Phi) is 10.4. The van der Waals surface area contributed by atoms with Gasteiger partial charge in [0.05, 0.1) is 25.2 Å². The zero-order chi connectivity index (χ0) is 32.9. The van der Waals surface area contributed by atoms with Gasteiger partial charge in [-0.1, -0.05) is 36.4 Å². The van der Waals surface area contributed by atoms with Gasteiger partial charge in [0.2, 0.25) is 5.91 Å². The molecule has 2 heterocycles. The lowest BCUT2D eigenvalue weighted by atomic mass is 9.78. The molecule has 9 heteroatoms. The van der Waals surface area contributed by atoms with E-state index in [0.29, 0.717) is 31.2 Å². The average Bonchev–Trinajstić information content (AvgIpc) is 3.04. The molecule has 0 bridgehead atoms. The molecule has 2 aliphatic rings. The molecule has 0 spiro atoms. The number of anilines is 1. The molecule has 0 aliphatic carbocycles. The summed E-state index contributed by atoms with van der Waals surface area (Å²) in [6.45, 7) is 5.65. The van der Waals surface area contributed by atoms with Crippen molar-refractivity contribution in [2.45, 2.75) is 76.7 Å². The number of β-lactam (4-membered cyclic amide) rings is 1. The lowest BCUT2D eigenvalue weighted by Crippen LogP contribution is -2.55. The van der Waals surface area contributed by atoms with Gasteiger partial charge >= 0.3 is 5.97 Å². The van der Waals surface area contributed by atoms with Crippen LogP contribution in [0.15, 0.2) is 72.8 Å². The summed E-state index contributed by atoms with van der Waals surface area (Å²) in [6.07, 6.45) is 3.10. The second-order valence-corrected chi connectivity index (χ2v) is 12.7. The number of aliphatic hydroxyl groups is 1. The molecule has 0 unspecified atom stereocenters. The summed E-state index contributed by atoms with van der Waals surface area (Å²) in [4.78, 5) is 40.1. The molecule has 2 aliphatic heterocycles. The van der Waals surface area contributed by atoms with Crippen LogP contribution in [0.1, 0.15) is 79.5 Å². The number of hydrogen-bond acceptors (Lipinski definition) is 7. The first-order valence-electron chi connectivity index (χ1n) is 15.9. The van der Waals surface area contributed by atoms with Crippen molar-refractivity contribution in [1.29, 1.82) is 0 Å². The molecule has 1 amide bonds. The molecule has 2 fully saturated rings. The number of ketones is 1. The first kappa shape index (κ1) is 33.4. The number of carbonyl (C=O) groups excluding carboxylic acids is 3. The first-order chi connectivity index (χ1) is 22.0. The third-order valence-corrected chi connectivity index (χ3v) is 8.82. The Labute approximate surface area is 269 Å². The van der Waals surface area contributed by atoms with Crippen LogP contribution in [-0.2, 0) is 36.6 Å². The van der Waals surface area contributed by atoms with E-state index in [1.165, 1.54) is 31.2 Å². The Hall–Kier alpha value is -3.92. The number of hydrogen-bond donors (Lipinski definition) is 1. The van der Waals surface area contributed by atoms with Crippen molar-refractivity contribution in [1.82, 2.24) is 0 Å². The largest absolute Gasteiger partial charge is 0.454 e. The highest BCUT2D eigenvalue weighted by atomic mass is 19.1. The highest BCUT2D eigenvalue weighted by Gasteiger charge is 2.48. The minimum Gasteiger partial charge on any atom is -0.454 e. The van der Waals surface area contributed by atoms with Crippen molar-refractivity contribution in [3.8, 4) is 0 Å². The summed E-state index contributed by atoms with van der Waals surface area (Å²) in [5.41, 5.74) is 3.39. The molecule has 2 saturated heterocycles. The van der Waals surface area contributed by atoms with E-state index in [0.717, 1.165) is 28.8 Å². The molecule has 46 heavy (non-hydrogen) atoms. The molecule has 1 N–H and O–H groups in total. The first-order valence-corrected chi connectivity index (χ1v) is 15.9. The fourth-order valence-corrected chi connectivity index (χ4v) is 6.18. The van der Waals surface area contributed by atoms with Crippen LogP contribution >= 0.6 is 0 Å². The summed E-state index contributed by atoms with van der Waals surface area (Å²) < 4.78 is 30.7. The molecular weight excluding hydrogens is 589 g/mol. The van der Waals surface area contributed by atoms with E-state index in [2.05, 4.69) is 0 Å². The monoisotopic (exact) mass is 631 g/mol. The minimum atomic E-state index is -0.872. The highest BCUT2D eigenvalue weighted by molar-refractivity contribution is 6.04. The third-order valence-electron chi connectivity index (χ3n) is 8.82. The second kappa shape index (κ2) is 14.2. The molecule has 3 aromatic carbocycles. The van der Waals surface area contributed by atoms with E-state index in [4.69, 9.17) is 14.2 Å². The van der Waals surface area contributed by atoms with E-state index in [1.54, 1.807) is 4.90 Å². The molecule has 2 atom stereocenters. The Morgan fingerprint density at radius 2 is 1.54 bits per heavy atom. The van der Waals surface area contributed by atoms with Gasteiger partial charge < -0.3 is 24.2 Å². The Morgan fingerprint density at radius 3 is 2.15 bits per heavy atom.